The fourth-order valence-corrected chi connectivity index (χ4v) is 1.61. The Hall–Kier alpha value is -1.82. The monoisotopic (exact) mass is 211 g/mol. The van der Waals surface area contributed by atoms with Crippen LogP contribution in [0.25, 0.3) is 0 Å². The molecule has 0 saturated carbocycles. The number of nitrogens with zero attached hydrogens (tertiary/aromatic N) is 1. The molecular weight excluding hydrogens is 202 g/mol. The van der Waals surface area contributed by atoms with Gasteiger partial charge in [-0.15, -0.1) is 0 Å². The van der Waals surface area contributed by atoms with Gasteiger partial charge in [-0.05, 0) is 6.07 Å². The van der Waals surface area contributed by atoms with Crippen LogP contribution in [0.3, 0.4) is 0 Å². The number of aliphatic hydroxyl groups excluding tert-OH is 1. The number of hydrogen-bond acceptors (Lipinski definition) is 5. The SMILES string of the molecule is COc1ccc([N+](=O)[O-])c2c1CC(O)O2. The lowest BCUT2D eigenvalue weighted by molar-refractivity contribution is -0.386. The second kappa shape index (κ2) is 3.39. The van der Waals surface area contributed by atoms with Crippen LogP contribution in [0.2, 0.25) is 0 Å². The van der Waals surface area contributed by atoms with Crippen molar-refractivity contribution in [3.05, 3.63) is 27.8 Å². The van der Waals surface area contributed by atoms with E-state index in [-0.39, 0.29) is 17.9 Å². The predicted octanol–water partition coefficient (Wildman–Crippen LogP) is 0.857. The van der Waals surface area contributed by atoms with E-state index >= 15 is 0 Å². The third-order valence-electron chi connectivity index (χ3n) is 2.25. The summed E-state index contributed by atoms with van der Waals surface area (Å²) in [6.45, 7) is 0. The number of fused-ring (bicyclic) bond motifs is 1. The van der Waals surface area contributed by atoms with Crippen LogP contribution in [-0.4, -0.2) is 23.4 Å². The highest BCUT2D eigenvalue weighted by molar-refractivity contribution is 5.59. The summed E-state index contributed by atoms with van der Waals surface area (Å²) < 4.78 is 10.0. The van der Waals surface area contributed by atoms with Crippen LogP contribution in [-0.2, 0) is 6.42 Å². The molecule has 0 aliphatic carbocycles. The fourth-order valence-electron chi connectivity index (χ4n) is 1.61. The predicted molar refractivity (Wildman–Crippen MR) is 50.0 cm³/mol. The first kappa shape index (κ1) is 9.72. The number of aliphatic hydroxyl groups is 1. The summed E-state index contributed by atoms with van der Waals surface area (Å²) in [4.78, 5) is 10.1. The smallest absolute Gasteiger partial charge is 0.311 e. The summed E-state index contributed by atoms with van der Waals surface area (Å²) >= 11 is 0. The molecule has 0 radical (unpaired) electrons. The number of nitro benzene ring substituents is 1. The number of hydrogen-bond donors (Lipinski definition) is 1. The van der Waals surface area contributed by atoms with E-state index in [1.165, 1.54) is 19.2 Å². The summed E-state index contributed by atoms with van der Waals surface area (Å²) in [5.41, 5.74) is 0.390. The Bertz CT molecular complexity index is 417. The van der Waals surface area contributed by atoms with E-state index < -0.39 is 11.2 Å². The van der Waals surface area contributed by atoms with E-state index in [4.69, 9.17) is 9.47 Å². The van der Waals surface area contributed by atoms with Crippen molar-refractivity contribution in [2.75, 3.05) is 7.11 Å². The Balaban J connectivity index is 2.57. The molecule has 1 N–H and O–H groups in total. The minimum absolute atomic E-state index is 0.104. The van der Waals surface area contributed by atoms with Gasteiger partial charge in [-0.3, -0.25) is 10.1 Å². The zero-order valence-corrected chi connectivity index (χ0v) is 7.97. The standard InChI is InChI=1S/C9H9NO5/c1-14-7-3-2-6(10(12)13)9-5(7)4-8(11)15-9/h2-3,8,11H,4H2,1H3. The van der Waals surface area contributed by atoms with Crippen molar-refractivity contribution in [2.24, 2.45) is 0 Å². The van der Waals surface area contributed by atoms with Crippen LogP contribution in [0, 0.1) is 10.1 Å². The molecule has 0 amide bonds. The Kier molecular flexibility index (Phi) is 2.20. The molecular formula is C9H9NO5. The quantitative estimate of drug-likeness (QED) is 0.579. The normalized spacial score (nSPS) is 18.1. The first-order valence-corrected chi connectivity index (χ1v) is 4.32. The number of ether oxygens (including phenoxy) is 2. The van der Waals surface area contributed by atoms with Gasteiger partial charge in [-0.2, -0.15) is 0 Å². The first-order valence-electron chi connectivity index (χ1n) is 4.32. The van der Waals surface area contributed by atoms with Crippen LogP contribution in [0.5, 0.6) is 11.5 Å². The topological polar surface area (TPSA) is 81.8 Å². The second-order valence-electron chi connectivity index (χ2n) is 3.13. The molecule has 1 atom stereocenters. The van der Waals surface area contributed by atoms with Gasteiger partial charge < -0.3 is 14.6 Å². The van der Waals surface area contributed by atoms with E-state index in [9.17, 15) is 15.2 Å². The zero-order chi connectivity index (χ0) is 11.0. The lowest BCUT2D eigenvalue weighted by Gasteiger charge is -2.05. The minimum atomic E-state index is -1.03. The minimum Gasteiger partial charge on any atom is -0.496 e. The molecule has 2 rings (SSSR count). The molecule has 0 spiro atoms. The molecule has 15 heavy (non-hydrogen) atoms. The van der Waals surface area contributed by atoms with Gasteiger partial charge >= 0.3 is 5.69 Å². The molecule has 1 aromatic carbocycles. The van der Waals surface area contributed by atoms with Gasteiger partial charge in [0, 0.05) is 18.1 Å². The largest absolute Gasteiger partial charge is 0.496 e. The van der Waals surface area contributed by atoms with Gasteiger partial charge in [-0.25, -0.2) is 0 Å². The van der Waals surface area contributed by atoms with Crippen molar-refractivity contribution in [1.82, 2.24) is 0 Å². The maximum absolute atomic E-state index is 10.7. The van der Waals surface area contributed by atoms with E-state index in [1.807, 2.05) is 0 Å². The van der Waals surface area contributed by atoms with Crippen molar-refractivity contribution in [3.63, 3.8) is 0 Å². The highest BCUT2D eigenvalue weighted by Gasteiger charge is 2.31. The molecule has 0 saturated heterocycles. The molecule has 6 nitrogen and oxygen atoms in total. The van der Waals surface area contributed by atoms with E-state index in [0.29, 0.717) is 11.3 Å². The molecule has 0 aromatic heterocycles. The van der Waals surface area contributed by atoms with Crippen LogP contribution in [0.15, 0.2) is 12.1 Å². The third kappa shape index (κ3) is 1.48. The number of methoxy groups -OCH3 is 1. The second-order valence-corrected chi connectivity index (χ2v) is 3.13. The van der Waals surface area contributed by atoms with Gasteiger partial charge in [-0.1, -0.05) is 0 Å². The Morgan fingerprint density at radius 2 is 2.40 bits per heavy atom. The molecule has 0 bridgehead atoms. The Morgan fingerprint density at radius 1 is 1.67 bits per heavy atom. The fraction of sp³-hybridized carbons (Fsp3) is 0.333. The van der Waals surface area contributed by atoms with Crippen molar-refractivity contribution in [1.29, 1.82) is 0 Å². The van der Waals surface area contributed by atoms with Crippen molar-refractivity contribution >= 4 is 5.69 Å². The summed E-state index contributed by atoms with van der Waals surface area (Å²) in [5, 5.41) is 19.9. The number of rotatable bonds is 2. The average Bonchev–Trinajstić information content (AvgIpc) is 2.56. The van der Waals surface area contributed by atoms with Gasteiger partial charge in [0.25, 0.3) is 0 Å². The van der Waals surface area contributed by atoms with Gasteiger partial charge in [0.15, 0.2) is 0 Å². The van der Waals surface area contributed by atoms with Gasteiger partial charge in [0.1, 0.15) is 5.75 Å². The molecule has 1 aliphatic heterocycles. The highest BCUT2D eigenvalue weighted by atomic mass is 16.6. The molecule has 0 fully saturated rings. The van der Waals surface area contributed by atoms with E-state index in [2.05, 4.69) is 0 Å². The Morgan fingerprint density at radius 3 is 3.00 bits per heavy atom. The van der Waals surface area contributed by atoms with Crippen molar-refractivity contribution in [3.8, 4) is 11.5 Å². The lowest BCUT2D eigenvalue weighted by atomic mass is 10.1. The van der Waals surface area contributed by atoms with Gasteiger partial charge in [0.05, 0.1) is 12.0 Å². The summed E-state index contributed by atoms with van der Waals surface area (Å²) in [6, 6.07) is 2.80. The summed E-state index contributed by atoms with van der Waals surface area (Å²) in [6.07, 6.45) is -0.824. The number of benzene rings is 1. The maximum atomic E-state index is 10.7. The van der Waals surface area contributed by atoms with Crippen LogP contribution >= 0.6 is 0 Å². The average molecular weight is 211 g/mol. The molecule has 6 heteroatoms. The summed E-state index contributed by atoms with van der Waals surface area (Å²) in [7, 11) is 1.46. The van der Waals surface area contributed by atoms with Crippen molar-refractivity contribution in [2.45, 2.75) is 12.7 Å². The van der Waals surface area contributed by atoms with E-state index in [0.717, 1.165) is 0 Å². The lowest BCUT2D eigenvalue weighted by Crippen LogP contribution is -2.10. The number of nitro groups is 1. The molecule has 80 valence electrons. The third-order valence-corrected chi connectivity index (χ3v) is 2.25. The van der Waals surface area contributed by atoms with Crippen LogP contribution in [0.1, 0.15) is 5.56 Å². The summed E-state index contributed by atoms with van der Waals surface area (Å²) in [5.74, 6) is 0.596. The molecule has 1 heterocycles. The van der Waals surface area contributed by atoms with Crippen LogP contribution in [0.4, 0.5) is 5.69 Å². The zero-order valence-electron chi connectivity index (χ0n) is 7.97. The first-order chi connectivity index (χ1) is 7.13. The van der Waals surface area contributed by atoms with Crippen LogP contribution < -0.4 is 9.47 Å². The molecule has 1 aliphatic rings. The molecule has 1 aromatic rings. The van der Waals surface area contributed by atoms with E-state index in [1.54, 1.807) is 0 Å². The highest BCUT2D eigenvalue weighted by Crippen LogP contribution is 2.42. The maximum Gasteiger partial charge on any atom is 0.311 e. The Labute approximate surface area is 85.2 Å². The van der Waals surface area contributed by atoms with Crippen molar-refractivity contribution < 1.29 is 19.5 Å². The van der Waals surface area contributed by atoms with Gasteiger partial charge in [0.2, 0.25) is 12.0 Å². The molecule has 1 unspecified atom stereocenters.